The number of anilines is 1. The van der Waals surface area contributed by atoms with Crippen LogP contribution in [0.15, 0.2) is 47.6 Å². The van der Waals surface area contributed by atoms with E-state index in [1.54, 1.807) is 0 Å². The third-order valence-corrected chi connectivity index (χ3v) is 5.09. The molecule has 156 valence electrons. The molecular weight excluding hydrogens is 386 g/mol. The number of hydrogen-bond acceptors (Lipinski definition) is 4. The summed E-state index contributed by atoms with van der Waals surface area (Å²) < 4.78 is 5.80. The first kappa shape index (κ1) is 21.4. The van der Waals surface area contributed by atoms with Crippen molar-refractivity contribution in [1.29, 1.82) is 0 Å². The molecule has 1 aliphatic rings. The Morgan fingerprint density at radius 3 is 2.59 bits per heavy atom. The van der Waals surface area contributed by atoms with Gasteiger partial charge in [-0.1, -0.05) is 35.9 Å². The van der Waals surface area contributed by atoms with Gasteiger partial charge in [0.2, 0.25) is 0 Å². The number of aromatic nitrogens is 1. The lowest BCUT2D eigenvalue weighted by atomic mass is 10.2. The average Bonchev–Trinajstić information content (AvgIpc) is 2.71. The first-order valence-electron chi connectivity index (χ1n) is 10.2. The van der Waals surface area contributed by atoms with Gasteiger partial charge in [0.25, 0.3) is 0 Å². The van der Waals surface area contributed by atoms with E-state index < -0.39 is 0 Å². The van der Waals surface area contributed by atoms with E-state index in [9.17, 15) is 0 Å². The van der Waals surface area contributed by atoms with Crippen molar-refractivity contribution in [3.05, 3.63) is 58.7 Å². The molecule has 6 nitrogen and oxygen atoms in total. The Kier molecular flexibility index (Phi) is 7.72. The van der Waals surface area contributed by atoms with Crippen LogP contribution < -0.4 is 15.5 Å². The highest BCUT2D eigenvalue weighted by molar-refractivity contribution is 6.31. The molecule has 2 aromatic rings. The second-order valence-electron chi connectivity index (χ2n) is 7.33. The zero-order valence-corrected chi connectivity index (χ0v) is 18.1. The summed E-state index contributed by atoms with van der Waals surface area (Å²) in [4.78, 5) is 11.6. The summed E-state index contributed by atoms with van der Waals surface area (Å²) in [5.41, 5.74) is 2.11. The van der Waals surface area contributed by atoms with E-state index in [1.807, 2.05) is 37.4 Å². The third kappa shape index (κ3) is 6.34. The SMILES string of the molecule is CCNC(=NCc1ccc(N2CC(C)OC(C)C2)nc1)NCc1ccccc1Cl. The highest BCUT2D eigenvalue weighted by atomic mass is 35.5. The third-order valence-electron chi connectivity index (χ3n) is 4.72. The average molecular weight is 416 g/mol. The second-order valence-corrected chi connectivity index (χ2v) is 7.73. The first-order chi connectivity index (χ1) is 14.0. The number of morpholine rings is 1. The number of nitrogens with one attached hydrogen (secondary N) is 2. The fourth-order valence-electron chi connectivity index (χ4n) is 3.40. The second kappa shape index (κ2) is 10.5. The molecule has 2 atom stereocenters. The number of guanidine groups is 1. The predicted molar refractivity (Wildman–Crippen MR) is 120 cm³/mol. The molecule has 2 unspecified atom stereocenters. The lowest BCUT2D eigenvalue weighted by molar-refractivity contribution is -0.00545. The number of benzene rings is 1. The Morgan fingerprint density at radius 1 is 1.17 bits per heavy atom. The summed E-state index contributed by atoms with van der Waals surface area (Å²) in [5, 5.41) is 7.35. The van der Waals surface area contributed by atoms with Crippen molar-refractivity contribution in [2.75, 3.05) is 24.5 Å². The highest BCUT2D eigenvalue weighted by Gasteiger charge is 2.22. The van der Waals surface area contributed by atoms with Gasteiger partial charge in [-0.2, -0.15) is 0 Å². The summed E-state index contributed by atoms with van der Waals surface area (Å²) >= 11 is 6.23. The van der Waals surface area contributed by atoms with Gasteiger partial charge in [0.15, 0.2) is 5.96 Å². The normalized spacial score (nSPS) is 19.9. The largest absolute Gasteiger partial charge is 0.372 e. The maximum absolute atomic E-state index is 6.23. The molecule has 7 heteroatoms. The van der Waals surface area contributed by atoms with Gasteiger partial charge >= 0.3 is 0 Å². The lowest BCUT2D eigenvalue weighted by Crippen LogP contribution is -2.45. The zero-order valence-electron chi connectivity index (χ0n) is 17.4. The van der Waals surface area contributed by atoms with Gasteiger partial charge in [0.05, 0.1) is 18.8 Å². The fourth-order valence-corrected chi connectivity index (χ4v) is 3.60. The number of rotatable bonds is 6. The van der Waals surface area contributed by atoms with Gasteiger partial charge in [-0.05, 0) is 44.0 Å². The monoisotopic (exact) mass is 415 g/mol. The number of ether oxygens (including phenoxy) is 1. The van der Waals surface area contributed by atoms with Gasteiger partial charge in [-0.15, -0.1) is 0 Å². The molecule has 0 saturated carbocycles. The van der Waals surface area contributed by atoms with Crippen molar-refractivity contribution in [2.24, 2.45) is 4.99 Å². The zero-order chi connectivity index (χ0) is 20.6. The minimum Gasteiger partial charge on any atom is -0.372 e. The summed E-state index contributed by atoms with van der Waals surface area (Å²) in [7, 11) is 0. The van der Waals surface area contributed by atoms with E-state index in [0.717, 1.165) is 47.6 Å². The summed E-state index contributed by atoms with van der Waals surface area (Å²) in [6.07, 6.45) is 2.34. The van der Waals surface area contributed by atoms with Gasteiger partial charge in [-0.25, -0.2) is 9.98 Å². The van der Waals surface area contributed by atoms with Crippen LogP contribution >= 0.6 is 11.6 Å². The van der Waals surface area contributed by atoms with Crippen molar-refractivity contribution in [2.45, 2.75) is 46.1 Å². The number of halogens is 1. The molecule has 2 N–H and O–H groups in total. The van der Waals surface area contributed by atoms with E-state index in [0.29, 0.717) is 13.1 Å². The summed E-state index contributed by atoms with van der Waals surface area (Å²) in [6, 6.07) is 12.0. The molecule has 0 amide bonds. The maximum Gasteiger partial charge on any atom is 0.191 e. The fraction of sp³-hybridized carbons (Fsp3) is 0.455. The van der Waals surface area contributed by atoms with Gasteiger partial charge < -0.3 is 20.3 Å². The Balaban J connectivity index is 1.59. The quantitative estimate of drug-likeness (QED) is 0.557. The van der Waals surface area contributed by atoms with Crippen molar-refractivity contribution >= 4 is 23.4 Å². The molecule has 0 spiro atoms. The van der Waals surface area contributed by atoms with Crippen molar-refractivity contribution < 1.29 is 4.74 Å². The number of aliphatic imine (C=N–C) groups is 1. The van der Waals surface area contributed by atoms with Crippen LogP contribution in [0, 0.1) is 0 Å². The van der Waals surface area contributed by atoms with E-state index in [-0.39, 0.29) is 12.2 Å². The molecule has 1 aromatic heterocycles. The Labute approximate surface area is 178 Å². The summed E-state index contributed by atoms with van der Waals surface area (Å²) in [5.74, 6) is 1.75. The Hall–Kier alpha value is -2.31. The molecule has 0 aliphatic carbocycles. The van der Waals surface area contributed by atoms with Gasteiger partial charge in [-0.3, -0.25) is 0 Å². The molecule has 0 radical (unpaired) electrons. The van der Waals surface area contributed by atoms with Crippen LogP contribution in [-0.4, -0.2) is 42.8 Å². The molecule has 1 fully saturated rings. The smallest absolute Gasteiger partial charge is 0.191 e. The van der Waals surface area contributed by atoms with Crippen LogP contribution in [0.25, 0.3) is 0 Å². The minimum atomic E-state index is 0.219. The van der Waals surface area contributed by atoms with Crippen LogP contribution in [0.1, 0.15) is 31.9 Å². The first-order valence-corrected chi connectivity index (χ1v) is 10.5. The molecular formula is C22H30ClN5O. The van der Waals surface area contributed by atoms with Crippen molar-refractivity contribution in [3.63, 3.8) is 0 Å². The highest BCUT2D eigenvalue weighted by Crippen LogP contribution is 2.18. The number of hydrogen-bond donors (Lipinski definition) is 2. The molecule has 29 heavy (non-hydrogen) atoms. The van der Waals surface area contributed by atoms with Crippen LogP contribution in [-0.2, 0) is 17.8 Å². The molecule has 1 aromatic carbocycles. The van der Waals surface area contributed by atoms with Gasteiger partial charge in [0.1, 0.15) is 5.82 Å². The van der Waals surface area contributed by atoms with Crippen LogP contribution in [0.5, 0.6) is 0 Å². The van der Waals surface area contributed by atoms with E-state index >= 15 is 0 Å². The van der Waals surface area contributed by atoms with Crippen molar-refractivity contribution in [3.8, 4) is 0 Å². The van der Waals surface area contributed by atoms with E-state index in [1.165, 1.54) is 0 Å². The molecule has 2 heterocycles. The van der Waals surface area contributed by atoms with Crippen LogP contribution in [0.2, 0.25) is 5.02 Å². The topological polar surface area (TPSA) is 61.8 Å². The van der Waals surface area contributed by atoms with Crippen LogP contribution in [0.4, 0.5) is 5.82 Å². The standard InChI is InChI=1S/C22H30ClN5O/c1-4-24-22(27-13-19-7-5-6-8-20(19)23)26-12-18-9-10-21(25-11-18)28-14-16(2)29-17(3)15-28/h5-11,16-17H,4,12-15H2,1-3H3,(H2,24,26,27). The van der Waals surface area contributed by atoms with E-state index in [4.69, 9.17) is 16.3 Å². The molecule has 0 bridgehead atoms. The molecule has 1 saturated heterocycles. The predicted octanol–water partition coefficient (Wildman–Crippen LogP) is 3.60. The maximum atomic E-state index is 6.23. The van der Waals surface area contributed by atoms with Crippen molar-refractivity contribution in [1.82, 2.24) is 15.6 Å². The Bertz CT molecular complexity index is 801. The number of pyridine rings is 1. The lowest BCUT2D eigenvalue weighted by Gasteiger charge is -2.36. The van der Waals surface area contributed by atoms with Gasteiger partial charge in [0, 0.05) is 37.4 Å². The summed E-state index contributed by atoms with van der Waals surface area (Å²) in [6.45, 7) is 9.95. The molecule has 3 rings (SSSR count). The minimum absolute atomic E-state index is 0.219. The number of nitrogens with zero attached hydrogens (tertiary/aromatic N) is 3. The molecule has 1 aliphatic heterocycles. The van der Waals surface area contributed by atoms with E-state index in [2.05, 4.69) is 51.5 Å². The Morgan fingerprint density at radius 2 is 1.93 bits per heavy atom. The van der Waals surface area contributed by atoms with Crippen LogP contribution in [0.3, 0.4) is 0 Å².